The fourth-order valence-corrected chi connectivity index (χ4v) is 2.26. The first-order valence-electron chi connectivity index (χ1n) is 7.32. The molecule has 23 heavy (non-hydrogen) atoms. The van der Waals surface area contributed by atoms with E-state index in [0.717, 1.165) is 5.56 Å². The summed E-state index contributed by atoms with van der Waals surface area (Å²) in [5.74, 6) is 1.16. The predicted molar refractivity (Wildman–Crippen MR) is 87.7 cm³/mol. The van der Waals surface area contributed by atoms with Crippen molar-refractivity contribution in [3.8, 4) is 11.5 Å². The van der Waals surface area contributed by atoms with E-state index in [1.807, 2.05) is 12.1 Å². The molecule has 0 aliphatic heterocycles. The van der Waals surface area contributed by atoms with E-state index >= 15 is 0 Å². The molecule has 0 saturated heterocycles. The Balaban J connectivity index is 2.26. The van der Waals surface area contributed by atoms with E-state index < -0.39 is 0 Å². The fourth-order valence-electron chi connectivity index (χ4n) is 2.26. The van der Waals surface area contributed by atoms with Crippen LogP contribution in [-0.4, -0.2) is 31.7 Å². The second kappa shape index (κ2) is 8.14. The monoisotopic (exact) mass is 315 g/mol. The summed E-state index contributed by atoms with van der Waals surface area (Å²) in [6, 6.07) is 8.63. The van der Waals surface area contributed by atoms with Crippen molar-refractivity contribution in [2.45, 2.75) is 12.5 Å². The largest absolute Gasteiger partial charge is 0.497 e. The number of amides is 1. The van der Waals surface area contributed by atoms with Crippen LogP contribution in [0.3, 0.4) is 0 Å². The van der Waals surface area contributed by atoms with Gasteiger partial charge in [-0.2, -0.15) is 0 Å². The second-order valence-corrected chi connectivity index (χ2v) is 4.99. The lowest BCUT2D eigenvalue weighted by molar-refractivity contribution is 0.0935. The Hall–Kier alpha value is -2.60. The Kier molecular flexibility index (Phi) is 5.94. The van der Waals surface area contributed by atoms with E-state index in [4.69, 9.17) is 15.2 Å². The molecule has 1 aromatic carbocycles. The van der Waals surface area contributed by atoms with Crippen molar-refractivity contribution in [2.24, 2.45) is 5.73 Å². The summed E-state index contributed by atoms with van der Waals surface area (Å²) >= 11 is 0. The zero-order valence-electron chi connectivity index (χ0n) is 13.3. The van der Waals surface area contributed by atoms with Crippen LogP contribution in [0, 0.1) is 0 Å². The SMILES string of the molecule is COc1cc(OC)cc(C(CCN)NC(=O)c2ccncc2)c1. The van der Waals surface area contributed by atoms with Gasteiger partial charge < -0.3 is 20.5 Å². The van der Waals surface area contributed by atoms with Crippen molar-refractivity contribution in [3.63, 3.8) is 0 Å². The highest BCUT2D eigenvalue weighted by Crippen LogP contribution is 2.28. The molecule has 0 spiro atoms. The predicted octanol–water partition coefficient (Wildman–Crippen LogP) is 1.92. The first kappa shape index (κ1) is 16.8. The number of pyridine rings is 1. The van der Waals surface area contributed by atoms with Crippen LogP contribution in [0.2, 0.25) is 0 Å². The highest BCUT2D eigenvalue weighted by Gasteiger charge is 2.17. The average Bonchev–Trinajstić information content (AvgIpc) is 2.61. The van der Waals surface area contributed by atoms with Gasteiger partial charge in [-0.15, -0.1) is 0 Å². The third kappa shape index (κ3) is 4.43. The number of hydrogen-bond donors (Lipinski definition) is 2. The quantitative estimate of drug-likeness (QED) is 0.815. The number of nitrogens with zero attached hydrogens (tertiary/aromatic N) is 1. The van der Waals surface area contributed by atoms with Gasteiger partial charge in [0.2, 0.25) is 0 Å². The zero-order chi connectivity index (χ0) is 16.7. The van der Waals surface area contributed by atoms with Crippen molar-refractivity contribution in [1.29, 1.82) is 0 Å². The molecule has 1 unspecified atom stereocenters. The van der Waals surface area contributed by atoms with Crippen LogP contribution in [0.5, 0.6) is 11.5 Å². The second-order valence-electron chi connectivity index (χ2n) is 4.99. The number of methoxy groups -OCH3 is 2. The molecule has 2 aromatic rings. The van der Waals surface area contributed by atoms with Gasteiger partial charge in [0.25, 0.3) is 5.91 Å². The van der Waals surface area contributed by atoms with E-state index in [2.05, 4.69) is 10.3 Å². The standard InChI is InChI=1S/C17H21N3O3/c1-22-14-9-13(10-15(11-14)23-2)16(3-6-18)20-17(21)12-4-7-19-8-5-12/h4-5,7-11,16H,3,6,18H2,1-2H3,(H,20,21). The molecule has 0 fully saturated rings. The van der Waals surface area contributed by atoms with E-state index in [1.165, 1.54) is 0 Å². The molecule has 122 valence electrons. The molecule has 0 saturated carbocycles. The van der Waals surface area contributed by atoms with Crippen LogP contribution in [0.15, 0.2) is 42.7 Å². The molecular formula is C17H21N3O3. The number of nitrogens with two attached hydrogens (primary N) is 1. The first-order chi connectivity index (χ1) is 11.2. The normalized spacial score (nSPS) is 11.6. The molecule has 1 atom stereocenters. The molecule has 2 rings (SSSR count). The summed E-state index contributed by atoms with van der Waals surface area (Å²) in [6.07, 6.45) is 3.77. The molecule has 1 amide bonds. The van der Waals surface area contributed by atoms with Gasteiger partial charge in [0.15, 0.2) is 0 Å². The minimum absolute atomic E-state index is 0.173. The van der Waals surface area contributed by atoms with Crippen molar-refractivity contribution in [1.82, 2.24) is 10.3 Å². The molecule has 1 aromatic heterocycles. The third-order valence-electron chi connectivity index (χ3n) is 3.48. The van der Waals surface area contributed by atoms with Gasteiger partial charge in [0.05, 0.1) is 20.3 Å². The van der Waals surface area contributed by atoms with E-state index in [-0.39, 0.29) is 11.9 Å². The highest BCUT2D eigenvalue weighted by molar-refractivity contribution is 5.94. The third-order valence-corrected chi connectivity index (χ3v) is 3.48. The van der Waals surface area contributed by atoms with E-state index in [0.29, 0.717) is 30.0 Å². The number of hydrogen-bond acceptors (Lipinski definition) is 5. The van der Waals surface area contributed by atoms with Crippen LogP contribution in [-0.2, 0) is 0 Å². The maximum Gasteiger partial charge on any atom is 0.251 e. The molecule has 1 heterocycles. The average molecular weight is 315 g/mol. The molecule has 0 bridgehead atoms. The number of aromatic nitrogens is 1. The summed E-state index contributed by atoms with van der Waals surface area (Å²) in [5.41, 5.74) is 7.13. The Labute approximate surface area is 135 Å². The van der Waals surface area contributed by atoms with Crippen molar-refractivity contribution < 1.29 is 14.3 Å². The summed E-state index contributed by atoms with van der Waals surface area (Å²) < 4.78 is 10.6. The van der Waals surface area contributed by atoms with E-state index in [9.17, 15) is 4.79 Å². The Bertz CT molecular complexity index is 625. The van der Waals surface area contributed by atoms with Crippen LogP contribution in [0.4, 0.5) is 0 Å². The smallest absolute Gasteiger partial charge is 0.251 e. The molecule has 6 nitrogen and oxygen atoms in total. The van der Waals surface area contributed by atoms with Gasteiger partial charge in [0.1, 0.15) is 11.5 Å². The number of benzene rings is 1. The lowest BCUT2D eigenvalue weighted by atomic mass is 10.0. The van der Waals surface area contributed by atoms with Gasteiger partial charge in [-0.1, -0.05) is 0 Å². The number of nitrogens with one attached hydrogen (secondary N) is 1. The van der Waals surface area contributed by atoms with Crippen LogP contribution in [0.1, 0.15) is 28.4 Å². The Morgan fingerprint density at radius 3 is 2.30 bits per heavy atom. The lowest BCUT2D eigenvalue weighted by Crippen LogP contribution is -2.30. The molecular weight excluding hydrogens is 294 g/mol. The van der Waals surface area contributed by atoms with Gasteiger partial charge in [-0.05, 0) is 42.8 Å². The number of ether oxygens (including phenoxy) is 2. The van der Waals surface area contributed by atoms with Gasteiger partial charge in [-0.25, -0.2) is 0 Å². The summed E-state index contributed by atoms with van der Waals surface area (Å²) in [4.78, 5) is 16.3. The Morgan fingerprint density at radius 1 is 1.17 bits per heavy atom. The van der Waals surface area contributed by atoms with E-state index in [1.54, 1.807) is 44.8 Å². The van der Waals surface area contributed by atoms with Gasteiger partial charge >= 0.3 is 0 Å². The number of carbonyl (C=O) groups is 1. The first-order valence-corrected chi connectivity index (χ1v) is 7.32. The summed E-state index contributed by atoms with van der Waals surface area (Å²) in [7, 11) is 3.18. The van der Waals surface area contributed by atoms with Crippen molar-refractivity contribution in [3.05, 3.63) is 53.9 Å². The molecule has 0 aliphatic rings. The molecule has 0 aliphatic carbocycles. The maximum absolute atomic E-state index is 12.4. The van der Waals surface area contributed by atoms with Crippen molar-refractivity contribution >= 4 is 5.91 Å². The van der Waals surface area contributed by atoms with Crippen molar-refractivity contribution in [2.75, 3.05) is 20.8 Å². The van der Waals surface area contributed by atoms with Crippen LogP contribution < -0.4 is 20.5 Å². The maximum atomic E-state index is 12.4. The fraction of sp³-hybridized carbons (Fsp3) is 0.294. The molecule has 3 N–H and O–H groups in total. The summed E-state index contributed by atoms with van der Waals surface area (Å²) in [6.45, 7) is 0.445. The minimum Gasteiger partial charge on any atom is -0.497 e. The minimum atomic E-state index is -0.232. The molecule has 0 radical (unpaired) electrons. The van der Waals surface area contributed by atoms with Gasteiger partial charge in [-0.3, -0.25) is 9.78 Å². The topological polar surface area (TPSA) is 86.5 Å². The summed E-state index contributed by atoms with van der Waals surface area (Å²) in [5, 5.41) is 3.00. The highest BCUT2D eigenvalue weighted by atomic mass is 16.5. The number of rotatable bonds is 7. The Morgan fingerprint density at radius 2 is 1.78 bits per heavy atom. The number of carbonyl (C=O) groups excluding carboxylic acids is 1. The van der Waals surface area contributed by atoms with Gasteiger partial charge in [0, 0.05) is 24.0 Å². The van der Waals surface area contributed by atoms with Crippen LogP contribution in [0.25, 0.3) is 0 Å². The lowest BCUT2D eigenvalue weighted by Gasteiger charge is -2.20. The molecule has 6 heteroatoms. The zero-order valence-corrected chi connectivity index (χ0v) is 13.3. The van der Waals surface area contributed by atoms with Crippen LogP contribution >= 0.6 is 0 Å².